The molecule has 4 aromatic carbocycles. The zero-order chi connectivity index (χ0) is 49.8. The number of aromatic carboxylic acids is 1. The van der Waals surface area contributed by atoms with Crippen molar-refractivity contribution in [3.05, 3.63) is 117 Å². The van der Waals surface area contributed by atoms with E-state index in [4.69, 9.17) is 13.9 Å². The Kier molecular flexibility index (Phi) is 16.7. The monoisotopic (exact) mass is 935 g/mol. The number of carbonyl (C=O) groups excluding carboxylic acids is 1. The molecular weight excluding hydrogens is 887 g/mol. The van der Waals surface area contributed by atoms with E-state index < -0.39 is 61.9 Å². The fourth-order valence-electron chi connectivity index (χ4n) is 7.39. The van der Waals surface area contributed by atoms with Gasteiger partial charge in [-0.15, -0.1) is 0 Å². The van der Waals surface area contributed by atoms with Gasteiger partial charge in [0, 0.05) is 51.5 Å². The number of carbonyl (C=O) groups is 6. The minimum atomic E-state index is -1.36. The summed E-state index contributed by atoms with van der Waals surface area (Å²) in [6, 6.07) is 20.0. The molecule has 0 saturated carbocycles. The van der Waals surface area contributed by atoms with Gasteiger partial charge in [-0.25, -0.2) is 4.79 Å². The van der Waals surface area contributed by atoms with Gasteiger partial charge in [-0.1, -0.05) is 39.8 Å². The fraction of sp³-hybridized carbons (Fsp3) is 0.245. The number of carboxylic acid groups (broad SMARTS) is 5. The highest BCUT2D eigenvalue weighted by Gasteiger charge is 2.26. The van der Waals surface area contributed by atoms with Crippen molar-refractivity contribution in [3.8, 4) is 39.7 Å². The van der Waals surface area contributed by atoms with Crippen LogP contribution in [0.3, 0.4) is 0 Å². The number of rotatable bonds is 21. The van der Waals surface area contributed by atoms with Crippen molar-refractivity contribution in [2.45, 2.75) is 40.5 Å². The number of para-hydroxylation sites is 2. The predicted octanol–water partition coefficient (Wildman–Crippen LogP) is 6.78. The third-order valence-corrected chi connectivity index (χ3v) is 10.3. The minimum absolute atomic E-state index is 0.0128. The first-order valence-corrected chi connectivity index (χ1v) is 21.3. The molecule has 1 amide bonds. The molecule has 0 atom stereocenters. The number of phenols is 1. The molecule has 0 radical (unpaired) electrons. The van der Waals surface area contributed by atoms with Crippen LogP contribution in [0, 0.1) is 0 Å². The lowest BCUT2D eigenvalue weighted by Gasteiger charge is -2.25. The molecule has 0 bridgehead atoms. The lowest BCUT2D eigenvalue weighted by molar-refractivity contribution is -0.138. The molecule has 356 valence electrons. The Balaban J connectivity index is 0.00000426. The van der Waals surface area contributed by atoms with E-state index in [0.29, 0.717) is 40.5 Å². The molecule has 1 heterocycles. The first-order chi connectivity index (χ1) is 32.5. The zero-order valence-electron chi connectivity index (χ0n) is 37.4. The number of ether oxygens (including phenoxy) is 2. The number of aliphatic carboxylic acids is 4. The molecule has 1 aliphatic carbocycles. The highest BCUT2D eigenvalue weighted by Crippen LogP contribution is 2.44. The Morgan fingerprint density at radius 2 is 1.21 bits per heavy atom. The van der Waals surface area contributed by atoms with Gasteiger partial charge in [0.25, 0.3) is 5.91 Å². The molecule has 19 nitrogen and oxygen atoms in total. The van der Waals surface area contributed by atoms with Crippen molar-refractivity contribution in [3.63, 3.8) is 0 Å². The van der Waals surface area contributed by atoms with Crippen LogP contribution in [0.5, 0.6) is 17.2 Å². The molecule has 4 aromatic rings. The quantitative estimate of drug-likeness (QED) is 0.0289. The average molecular weight is 936 g/mol. The molecule has 0 saturated heterocycles. The number of aryl methyl sites for hydroxylation is 2. The third-order valence-electron chi connectivity index (χ3n) is 10.3. The van der Waals surface area contributed by atoms with Crippen LogP contribution in [-0.2, 0) is 32.0 Å². The highest BCUT2D eigenvalue weighted by atomic mass is 16.5. The summed E-state index contributed by atoms with van der Waals surface area (Å²) in [6.07, 6.45) is 0.763. The number of anilines is 3. The molecule has 7 N–H and O–H groups in total. The van der Waals surface area contributed by atoms with Crippen LogP contribution < -0.4 is 30.0 Å². The summed E-state index contributed by atoms with van der Waals surface area (Å²) in [6.45, 7) is 4.29. The first-order valence-electron chi connectivity index (χ1n) is 21.3. The van der Waals surface area contributed by atoms with Crippen molar-refractivity contribution in [1.82, 2.24) is 0 Å². The van der Waals surface area contributed by atoms with E-state index >= 15 is 0 Å². The Morgan fingerprint density at radius 1 is 0.632 bits per heavy atom. The van der Waals surface area contributed by atoms with E-state index in [1.165, 1.54) is 60.7 Å². The summed E-state index contributed by atoms with van der Waals surface area (Å²) in [7, 11) is 0. The molecule has 1 aliphatic heterocycles. The van der Waals surface area contributed by atoms with Gasteiger partial charge in [0.1, 0.15) is 68.0 Å². The van der Waals surface area contributed by atoms with Crippen LogP contribution in [0.15, 0.2) is 94.1 Å². The number of fused-ring (bicyclic) bond motifs is 2. The van der Waals surface area contributed by atoms with E-state index in [1.54, 1.807) is 31.2 Å². The van der Waals surface area contributed by atoms with E-state index in [-0.39, 0.29) is 81.0 Å². The SMILES string of the molecule is CC.CCc1cc2c(-c3cc(C(=O)Nc4ccc(N(CC(=O)O)CC(=O)O)c(OCCOc5ccccc5N(CC(=O)O)CC(=O)O)c4)ccc3C(=O)O)c3cc(CC)c(=O)cc-3oc2cc1O. The van der Waals surface area contributed by atoms with Gasteiger partial charge in [-0.2, -0.15) is 0 Å². The molecule has 19 heteroatoms. The number of hydrogen-bond acceptors (Lipinski definition) is 13. The zero-order valence-corrected chi connectivity index (χ0v) is 37.4. The number of amides is 1. The summed E-state index contributed by atoms with van der Waals surface area (Å²) < 4.78 is 17.9. The van der Waals surface area contributed by atoms with E-state index in [9.17, 15) is 64.2 Å². The average Bonchev–Trinajstić information content (AvgIpc) is 3.28. The molecule has 0 fully saturated rings. The summed E-state index contributed by atoms with van der Waals surface area (Å²) >= 11 is 0. The molecule has 2 aliphatic rings. The summed E-state index contributed by atoms with van der Waals surface area (Å²) in [4.78, 5) is 88.6. The molecule has 0 aromatic heterocycles. The van der Waals surface area contributed by atoms with Crippen molar-refractivity contribution < 1.29 is 73.3 Å². The van der Waals surface area contributed by atoms with Gasteiger partial charge >= 0.3 is 29.8 Å². The topological polar surface area (TPSA) is 291 Å². The minimum Gasteiger partial charge on any atom is -0.508 e. The standard InChI is InChI=1S/C47H43N3O16.C2H6/c1-3-25-15-31-38(19-35(25)51)66-39-20-36(52)26(4-2)16-32(39)45(31)30-17-27(9-11-29(30)47(62)63)46(61)48-28-10-12-34(50(23-43(57)58)24-44(59)60)40(18-28)65-14-13-64-37-8-6-5-7-33(37)49(21-41(53)54)22-42(55)56;1-2/h5-12,15-20,51H,3-4,13-14,21-24H2,1-2H3,(H,48,61)(H,53,54)(H,55,56)(H,57,58)(H,59,60)(H,62,63);1-2H3. The third kappa shape index (κ3) is 12.0. The molecular formula is C49H49N3O16. The normalized spacial score (nSPS) is 10.7. The highest BCUT2D eigenvalue weighted by molar-refractivity contribution is 6.11. The number of aromatic hydroxyl groups is 1. The van der Waals surface area contributed by atoms with Crippen LogP contribution in [0.2, 0.25) is 0 Å². The summed E-state index contributed by atoms with van der Waals surface area (Å²) in [5.41, 5.74) is 1.70. The smallest absolute Gasteiger partial charge is 0.336 e. The van der Waals surface area contributed by atoms with E-state index in [2.05, 4.69) is 5.32 Å². The second-order valence-corrected chi connectivity index (χ2v) is 14.8. The van der Waals surface area contributed by atoms with Gasteiger partial charge in [-0.3, -0.25) is 28.8 Å². The van der Waals surface area contributed by atoms with Crippen LogP contribution in [-0.4, -0.2) is 106 Å². The number of benzene rings is 5. The fourth-order valence-corrected chi connectivity index (χ4v) is 7.39. The van der Waals surface area contributed by atoms with Gasteiger partial charge in [-0.05, 0) is 78.6 Å². The Morgan fingerprint density at radius 3 is 1.78 bits per heavy atom. The molecule has 0 spiro atoms. The maximum absolute atomic E-state index is 14.1. The summed E-state index contributed by atoms with van der Waals surface area (Å²) in [5.74, 6) is -7.26. The molecule has 0 unspecified atom stereocenters. The van der Waals surface area contributed by atoms with Crippen LogP contribution in [0.4, 0.5) is 17.1 Å². The lowest BCUT2D eigenvalue weighted by Crippen LogP contribution is -2.35. The molecule has 68 heavy (non-hydrogen) atoms. The van der Waals surface area contributed by atoms with E-state index in [0.717, 1.165) is 9.80 Å². The van der Waals surface area contributed by atoms with Crippen LogP contribution in [0.1, 0.15) is 59.5 Å². The Hall–Kier alpha value is -8.61. The second-order valence-electron chi connectivity index (χ2n) is 14.8. The Bertz CT molecular complexity index is 2880. The number of hydrogen-bond donors (Lipinski definition) is 7. The maximum Gasteiger partial charge on any atom is 0.336 e. The molecule has 6 rings (SSSR count). The second kappa shape index (κ2) is 22.5. The van der Waals surface area contributed by atoms with Crippen molar-refractivity contribution in [2.24, 2.45) is 0 Å². The van der Waals surface area contributed by atoms with Crippen molar-refractivity contribution in [2.75, 3.05) is 54.5 Å². The van der Waals surface area contributed by atoms with Crippen LogP contribution >= 0.6 is 0 Å². The van der Waals surface area contributed by atoms with Gasteiger partial charge < -0.3 is 59.6 Å². The maximum atomic E-state index is 14.1. The predicted molar refractivity (Wildman–Crippen MR) is 250 cm³/mol. The van der Waals surface area contributed by atoms with Gasteiger partial charge in [0.15, 0.2) is 5.43 Å². The van der Waals surface area contributed by atoms with Gasteiger partial charge in [0.05, 0.1) is 16.9 Å². The van der Waals surface area contributed by atoms with Crippen LogP contribution in [0.25, 0.3) is 33.4 Å². The first kappa shape index (κ1) is 50.4. The number of carboxylic acids is 5. The largest absolute Gasteiger partial charge is 0.508 e. The lowest BCUT2D eigenvalue weighted by atomic mass is 9.88. The summed E-state index contributed by atoms with van der Waals surface area (Å²) in [5, 5.41) is 62.3. The Labute approximate surface area is 388 Å². The number of nitrogens with zero attached hydrogens (tertiary/aromatic N) is 2. The van der Waals surface area contributed by atoms with Crippen molar-refractivity contribution >= 4 is 63.8 Å². The van der Waals surface area contributed by atoms with Crippen molar-refractivity contribution in [1.29, 1.82) is 0 Å². The van der Waals surface area contributed by atoms with E-state index in [1.807, 2.05) is 20.8 Å². The number of phenolic OH excluding ortho intramolecular Hbond substituents is 1. The number of nitrogens with one attached hydrogen (secondary N) is 1. The van der Waals surface area contributed by atoms with Gasteiger partial charge in [0.2, 0.25) is 0 Å².